The van der Waals surface area contributed by atoms with Gasteiger partial charge in [-0.05, 0) is 47.6 Å². The first-order valence-corrected chi connectivity index (χ1v) is 8.87. The van der Waals surface area contributed by atoms with E-state index in [1.54, 1.807) is 20.8 Å². The number of hydrogen-bond acceptors (Lipinski definition) is 4. The summed E-state index contributed by atoms with van der Waals surface area (Å²) in [4.78, 5) is 23.6. The number of alkyl carbamates (subject to hydrolysis) is 1. The van der Waals surface area contributed by atoms with Crippen LogP contribution in [0.25, 0.3) is 0 Å². The molecule has 1 atom stereocenters. The molecule has 0 saturated heterocycles. The molecule has 7 nitrogen and oxygen atoms in total. The van der Waals surface area contributed by atoms with Crippen LogP contribution in [0, 0.1) is 6.92 Å². The number of rotatable bonds is 7. The Morgan fingerprint density at radius 2 is 1.81 bits per heavy atom. The summed E-state index contributed by atoms with van der Waals surface area (Å²) in [6.45, 7) is 12.3. The molecule has 0 spiro atoms. The van der Waals surface area contributed by atoms with Crippen LogP contribution in [-0.4, -0.2) is 37.4 Å². The maximum absolute atomic E-state index is 12.0. The Morgan fingerprint density at radius 3 is 2.42 bits per heavy atom. The van der Waals surface area contributed by atoms with E-state index in [4.69, 9.17) is 9.47 Å². The van der Waals surface area contributed by atoms with Crippen LogP contribution in [0.4, 0.5) is 9.59 Å². The van der Waals surface area contributed by atoms with E-state index in [1.807, 2.05) is 39.0 Å². The summed E-state index contributed by atoms with van der Waals surface area (Å²) < 4.78 is 10.7. The first kappa shape index (κ1) is 21.6. The van der Waals surface area contributed by atoms with Crippen molar-refractivity contribution in [3.05, 3.63) is 29.3 Å². The molecule has 0 saturated carbocycles. The average molecular weight is 365 g/mol. The van der Waals surface area contributed by atoms with Crippen LogP contribution < -0.4 is 20.7 Å². The summed E-state index contributed by atoms with van der Waals surface area (Å²) in [6.07, 6.45) is -0.505. The van der Waals surface area contributed by atoms with Gasteiger partial charge in [-0.15, -0.1) is 0 Å². The van der Waals surface area contributed by atoms with Crippen LogP contribution in [0.15, 0.2) is 18.2 Å². The highest BCUT2D eigenvalue weighted by atomic mass is 16.6. The van der Waals surface area contributed by atoms with Gasteiger partial charge in [-0.2, -0.15) is 0 Å². The predicted molar refractivity (Wildman–Crippen MR) is 102 cm³/mol. The highest BCUT2D eigenvalue weighted by molar-refractivity contribution is 5.74. The average Bonchev–Trinajstić information content (AvgIpc) is 2.51. The molecule has 0 radical (unpaired) electrons. The predicted octanol–water partition coefficient (Wildman–Crippen LogP) is 3.28. The minimum absolute atomic E-state index is 0.213. The zero-order chi connectivity index (χ0) is 19.7. The number of ether oxygens (including phenoxy) is 2. The molecule has 0 fully saturated rings. The van der Waals surface area contributed by atoms with Crippen molar-refractivity contribution >= 4 is 12.1 Å². The number of aryl methyl sites for hydroxylation is 1. The molecule has 3 amide bonds. The van der Waals surface area contributed by atoms with Crippen LogP contribution in [0.3, 0.4) is 0 Å². The maximum Gasteiger partial charge on any atom is 0.407 e. The third kappa shape index (κ3) is 8.09. The number of carbonyl (C=O) groups excluding carboxylic acids is 2. The Bertz CT molecular complexity index is 611. The SMILES string of the molecule is CCOc1ccc(C)cc1C(C)NC(=O)NCCNC(=O)OC(C)(C)C. The number of benzene rings is 1. The Hall–Kier alpha value is -2.44. The number of hydrogen-bond donors (Lipinski definition) is 3. The quantitative estimate of drug-likeness (QED) is 0.647. The fourth-order valence-electron chi connectivity index (χ4n) is 2.27. The van der Waals surface area contributed by atoms with Gasteiger partial charge in [0, 0.05) is 18.7 Å². The van der Waals surface area contributed by atoms with Crippen molar-refractivity contribution in [3.63, 3.8) is 0 Å². The molecule has 0 aliphatic carbocycles. The van der Waals surface area contributed by atoms with Gasteiger partial charge in [0.05, 0.1) is 12.6 Å². The van der Waals surface area contributed by atoms with E-state index in [0.717, 1.165) is 16.9 Å². The zero-order valence-corrected chi connectivity index (χ0v) is 16.6. The van der Waals surface area contributed by atoms with Crippen LogP contribution in [0.5, 0.6) is 5.75 Å². The van der Waals surface area contributed by atoms with E-state index in [1.165, 1.54) is 0 Å². The van der Waals surface area contributed by atoms with Crippen molar-refractivity contribution in [1.29, 1.82) is 0 Å². The summed E-state index contributed by atoms with van der Waals surface area (Å²) in [5.74, 6) is 0.762. The smallest absolute Gasteiger partial charge is 0.407 e. The van der Waals surface area contributed by atoms with Gasteiger partial charge < -0.3 is 25.4 Å². The molecule has 0 aliphatic heterocycles. The highest BCUT2D eigenvalue weighted by Crippen LogP contribution is 2.26. The molecule has 0 aromatic heterocycles. The molecule has 1 unspecified atom stereocenters. The van der Waals surface area contributed by atoms with Gasteiger partial charge in [-0.1, -0.05) is 17.7 Å². The lowest BCUT2D eigenvalue weighted by atomic mass is 10.0. The molecule has 7 heteroatoms. The standard InChI is InChI=1S/C19H31N3O4/c1-7-25-16-9-8-13(2)12-15(16)14(3)22-17(23)20-10-11-21-18(24)26-19(4,5)6/h8-9,12,14H,7,10-11H2,1-6H3,(H,21,24)(H2,20,22,23). The lowest BCUT2D eigenvalue weighted by Crippen LogP contribution is -2.42. The Labute approximate surface area is 155 Å². The molecular weight excluding hydrogens is 334 g/mol. The molecule has 1 rings (SSSR count). The molecule has 0 aliphatic rings. The van der Waals surface area contributed by atoms with Crippen molar-refractivity contribution < 1.29 is 19.1 Å². The molecule has 1 aromatic carbocycles. The van der Waals surface area contributed by atoms with E-state index in [0.29, 0.717) is 13.2 Å². The summed E-state index contributed by atoms with van der Waals surface area (Å²) >= 11 is 0. The van der Waals surface area contributed by atoms with Gasteiger partial charge in [-0.25, -0.2) is 9.59 Å². The van der Waals surface area contributed by atoms with E-state index >= 15 is 0 Å². The zero-order valence-electron chi connectivity index (χ0n) is 16.6. The largest absolute Gasteiger partial charge is 0.494 e. The van der Waals surface area contributed by atoms with Gasteiger partial charge in [0.25, 0.3) is 0 Å². The van der Waals surface area contributed by atoms with Crippen molar-refractivity contribution in [1.82, 2.24) is 16.0 Å². The minimum Gasteiger partial charge on any atom is -0.494 e. The van der Waals surface area contributed by atoms with Gasteiger partial charge in [0.1, 0.15) is 11.4 Å². The van der Waals surface area contributed by atoms with E-state index in [2.05, 4.69) is 16.0 Å². The molecule has 146 valence electrons. The monoisotopic (exact) mass is 365 g/mol. The second-order valence-electron chi connectivity index (χ2n) is 7.02. The Balaban J connectivity index is 2.44. The topological polar surface area (TPSA) is 88.7 Å². The number of carbonyl (C=O) groups is 2. The van der Waals surface area contributed by atoms with Crippen molar-refractivity contribution in [3.8, 4) is 5.75 Å². The normalized spacial score (nSPS) is 12.1. The highest BCUT2D eigenvalue weighted by Gasteiger charge is 2.16. The van der Waals surface area contributed by atoms with Gasteiger partial charge in [0.15, 0.2) is 0 Å². The summed E-state index contributed by atoms with van der Waals surface area (Å²) in [7, 11) is 0. The number of nitrogens with one attached hydrogen (secondary N) is 3. The number of amides is 3. The van der Waals surface area contributed by atoms with Crippen LogP contribution >= 0.6 is 0 Å². The van der Waals surface area contributed by atoms with Gasteiger partial charge in [-0.3, -0.25) is 0 Å². The Kier molecular flexibility index (Phi) is 8.22. The lowest BCUT2D eigenvalue weighted by Gasteiger charge is -2.20. The molecule has 3 N–H and O–H groups in total. The van der Waals surface area contributed by atoms with Gasteiger partial charge >= 0.3 is 12.1 Å². The van der Waals surface area contributed by atoms with Crippen molar-refractivity contribution in [2.45, 2.75) is 53.2 Å². The minimum atomic E-state index is -0.545. The van der Waals surface area contributed by atoms with E-state index < -0.39 is 11.7 Å². The third-order valence-corrected chi connectivity index (χ3v) is 3.36. The van der Waals surface area contributed by atoms with E-state index in [-0.39, 0.29) is 18.6 Å². The summed E-state index contributed by atoms with van der Waals surface area (Å²) in [5, 5.41) is 8.17. The van der Waals surface area contributed by atoms with Crippen molar-refractivity contribution in [2.75, 3.05) is 19.7 Å². The van der Waals surface area contributed by atoms with Crippen LogP contribution in [0.1, 0.15) is 51.8 Å². The van der Waals surface area contributed by atoms with Crippen molar-refractivity contribution in [2.24, 2.45) is 0 Å². The summed E-state index contributed by atoms with van der Waals surface area (Å²) in [6, 6.07) is 5.36. The molecule has 26 heavy (non-hydrogen) atoms. The number of urea groups is 1. The first-order valence-electron chi connectivity index (χ1n) is 8.87. The Morgan fingerprint density at radius 1 is 1.15 bits per heavy atom. The molecule has 1 aromatic rings. The van der Waals surface area contributed by atoms with Crippen LogP contribution in [0.2, 0.25) is 0 Å². The molecule has 0 heterocycles. The second kappa shape index (κ2) is 9.89. The first-order chi connectivity index (χ1) is 12.1. The lowest BCUT2D eigenvalue weighted by molar-refractivity contribution is 0.0528. The molecule has 0 bridgehead atoms. The van der Waals surface area contributed by atoms with Crippen LogP contribution in [-0.2, 0) is 4.74 Å². The fraction of sp³-hybridized carbons (Fsp3) is 0.579. The maximum atomic E-state index is 12.0. The third-order valence-electron chi connectivity index (χ3n) is 3.36. The molecular formula is C19H31N3O4. The van der Waals surface area contributed by atoms with Gasteiger partial charge in [0.2, 0.25) is 0 Å². The second-order valence-corrected chi connectivity index (χ2v) is 7.02. The van der Waals surface area contributed by atoms with E-state index in [9.17, 15) is 9.59 Å². The summed E-state index contributed by atoms with van der Waals surface area (Å²) in [5.41, 5.74) is 1.48. The fourth-order valence-corrected chi connectivity index (χ4v) is 2.27.